The third-order valence-electron chi connectivity index (χ3n) is 3.38. The molecule has 3 heteroatoms. The number of halogens is 1. The SMILES string of the molecule is COc1ccc(CNCCc2ccccc2C)cc1F. The smallest absolute Gasteiger partial charge is 0.165 e. The Labute approximate surface area is 119 Å². The van der Waals surface area contributed by atoms with Crippen LogP contribution < -0.4 is 10.1 Å². The predicted octanol–water partition coefficient (Wildman–Crippen LogP) is 3.48. The molecule has 20 heavy (non-hydrogen) atoms. The topological polar surface area (TPSA) is 21.3 Å². The maximum Gasteiger partial charge on any atom is 0.165 e. The molecule has 0 aliphatic carbocycles. The van der Waals surface area contributed by atoms with E-state index in [1.807, 2.05) is 12.1 Å². The van der Waals surface area contributed by atoms with Gasteiger partial charge in [0.15, 0.2) is 11.6 Å². The van der Waals surface area contributed by atoms with Crippen LogP contribution in [0.4, 0.5) is 4.39 Å². The predicted molar refractivity (Wildman–Crippen MR) is 79.5 cm³/mol. The maximum absolute atomic E-state index is 13.5. The lowest BCUT2D eigenvalue weighted by atomic mass is 10.1. The monoisotopic (exact) mass is 273 g/mol. The van der Waals surface area contributed by atoms with E-state index in [9.17, 15) is 4.39 Å². The number of benzene rings is 2. The molecule has 0 bridgehead atoms. The van der Waals surface area contributed by atoms with Gasteiger partial charge < -0.3 is 10.1 Å². The van der Waals surface area contributed by atoms with Crippen LogP contribution in [0.1, 0.15) is 16.7 Å². The Hall–Kier alpha value is -1.87. The van der Waals surface area contributed by atoms with Crippen molar-refractivity contribution in [1.82, 2.24) is 5.32 Å². The first-order valence-corrected chi connectivity index (χ1v) is 6.78. The standard InChI is InChI=1S/C17H20FNO/c1-13-5-3-4-6-15(13)9-10-19-12-14-7-8-17(20-2)16(18)11-14/h3-8,11,19H,9-10,12H2,1-2H3. The molecule has 1 N–H and O–H groups in total. The minimum absolute atomic E-state index is 0.286. The van der Waals surface area contributed by atoms with Crippen LogP contribution in [0.3, 0.4) is 0 Å². The van der Waals surface area contributed by atoms with Crippen molar-refractivity contribution in [2.75, 3.05) is 13.7 Å². The lowest BCUT2D eigenvalue weighted by Crippen LogP contribution is -2.17. The van der Waals surface area contributed by atoms with Crippen molar-refractivity contribution >= 4 is 0 Å². The number of nitrogens with one attached hydrogen (secondary N) is 1. The lowest BCUT2D eigenvalue weighted by molar-refractivity contribution is 0.386. The molecule has 0 saturated heterocycles. The number of methoxy groups -OCH3 is 1. The summed E-state index contributed by atoms with van der Waals surface area (Å²) >= 11 is 0. The zero-order chi connectivity index (χ0) is 14.4. The molecule has 0 heterocycles. The van der Waals surface area contributed by atoms with Gasteiger partial charge in [0, 0.05) is 6.54 Å². The molecule has 2 aromatic rings. The number of aryl methyl sites for hydroxylation is 1. The third kappa shape index (κ3) is 3.81. The summed E-state index contributed by atoms with van der Waals surface area (Å²) in [7, 11) is 1.47. The fourth-order valence-corrected chi connectivity index (χ4v) is 2.17. The summed E-state index contributed by atoms with van der Waals surface area (Å²) in [6.07, 6.45) is 0.977. The van der Waals surface area contributed by atoms with Gasteiger partial charge in [0.05, 0.1) is 7.11 Å². The van der Waals surface area contributed by atoms with Gasteiger partial charge in [-0.15, -0.1) is 0 Å². The van der Waals surface area contributed by atoms with E-state index >= 15 is 0 Å². The Balaban J connectivity index is 1.82. The first-order chi connectivity index (χ1) is 9.70. The fourth-order valence-electron chi connectivity index (χ4n) is 2.17. The van der Waals surface area contributed by atoms with E-state index in [0.29, 0.717) is 6.54 Å². The molecule has 0 amide bonds. The summed E-state index contributed by atoms with van der Waals surface area (Å²) in [5.74, 6) is -0.0284. The van der Waals surface area contributed by atoms with Crippen molar-refractivity contribution in [3.05, 3.63) is 65.0 Å². The molecule has 0 spiro atoms. The Morgan fingerprint density at radius 3 is 2.65 bits per heavy atom. The highest BCUT2D eigenvalue weighted by Crippen LogP contribution is 2.17. The number of rotatable bonds is 6. The van der Waals surface area contributed by atoms with Gasteiger partial charge in [-0.1, -0.05) is 30.3 Å². The average molecular weight is 273 g/mol. The van der Waals surface area contributed by atoms with Gasteiger partial charge in [-0.2, -0.15) is 0 Å². The second-order valence-corrected chi connectivity index (χ2v) is 4.82. The number of ether oxygens (including phenoxy) is 1. The summed E-state index contributed by atoms with van der Waals surface area (Å²) in [4.78, 5) is 0. The molecule has 0 aliphatic heterocycles. The average Bonchev–Trinajstić information content (AvgIpc) is 2.45. The molecule has 2 rings (SSSR count). The highest BCUT2D eigenvalue weighted by atomic mass is 19.1. The largest absolute Gasteiger partial charge is 0.494 e. The third-order valence-corrected chi connectivity index (χ3v) is 3.38. The van der Waals surface area contributed by atoms with E-state index in [4.69, 9.17) is 4.74 Å². The Morgan fingerprint density at radius 2 is 1.95 bits per heavy atom. The van der Waals surface area contributed by atoms with Crippen LogP contribution in [-0.2, 0) is 13.0 Å². The highest BCUT2D eigenvalue weighted by molar-refractivity contribution is 5.29. The van der Waals surface area contributed by atoms with E-state index in [1.54, 1.807) is 6.07 Å². The summed E-state index contributed by atoms with van der Waals surface area (Å²) in [6.45, 7) is 3.65. The zero-order valence-corrected chi connectivity index (χ0v) is 11.9. The number of hydrogen-bond acceptors (Lipinski definition) is 2. The first-order valence-electron chi connectivity index (χ1n) is 6.78. The van der Waals surface area contributed by atoms with Crippen LogP contribution in [0, 0.1) is 12.7 Å². The maximum atomic E-state index is 13.5. The molecule has 0 atom stereocenters. The number of hydrogen-bond donors (Lipinski definition) is 1. The van der Waals surface area contributed by atoms with Crippen LogP contribution in [0.25, 0.3) is 0 Å². The van der Waals surface area contributed by atoms with Crippen LogP contribution >= 0.6 is 0 Å². The van der Waals surface area contributed by atoms with E-state index in [2.05, 4.69) is 30.4 Å². The van der Waals surface area contributed by atoms with Gasteiger partial charge in [-0.3, -0.25) is 0 Å². The Kier molecular flexibility index (Phi) is 5.13. The summed E-state index contributed by atoms with van der Waals surface area (Å²) in [5, 5.41) is 3.33. The highest BCUT2D eigenvalue weighted by Gasteiger charge is 2.03. The summed E-state index contributed by atoms with van der Waals surface area (Å²) in [6, 6.07) is 13.4. The van der Waals surface area contributed by atoms with Crippen LogP contribution in [0.15, 0.2) is 42.5 Å². The van der Waals surface area contributed by atoms with E-state index in [-0.39, 0.29) is 11.6 Å². The van der Waals surface area contributed by atoms with Crippen molar-refractivity contribution in [3.8, 4) is 5.75 Å². The molecule has 0 aromatic heterocycles. The molecule has 2 aromatic carbocycles. The van der Waals surface area contributed by atoms with Gasteiger partial charge in [0.2, 0.25) is 0 Å². The van der Waals surface area contributed by atoms with Gasteiger partial charge in [-0.25, -0.2) is 4.39 Å². The van der Waals surface area contributed by atoms with Crippen LogP contribution in [0.2, 0.25) is 0 Å². The molecule has 106 valence electrons. The van der Waals surface area contributed by atoms with Gasteiger partial charge in [-0.05, 0) is 48.7 Å². The molecular weight excluding hydrogens is 253 g/mol. The molecule has 2 nitrogen and oxygen atoms in total. The minimum atomic E-state index is -0.314. The van der Waals surface area contributed by atoms with Gasteiger partial charge in [0.1, 0.15) is 0 Å². The summed E-state index contributed by atoms with van der Waals surface area (Å²) in [5.41, 5.74) is 3.58. The molecule has 0 unspecified atom stereocenters. The fraction of sp³-hybridized carbons (Fsp3) is 0.294. The van der Waals surface area contributed by atoms with Crippen molar-refractivity contribution < 1.29 is 9.13 Å². The van der Waals surface area contributed by atoms with Crippen molar-refractivity contribution in [2.45, 2.75) is 19.9 Å². The lowest BCUT2D eigenvalue weighted by Gasteiger charge is -2.08. The van der Waals surface area contributed by atoms with E-state index < -0.39 is 0 Å². The summed E-state index contributed by atoms with van der Waals surface area (Å²) < 4.78 is 18.4. The molecular formula is C17H20FNO. The van der Waals surface area contributed by atoms with Crippen molar-refractivity contribution in [1.29, 1.82) is 0 Å². The van der Waals surface area contributed by atoms with Crippen LogP contribution in [-0.4, -0.2) is 13.7 Å². The first kappa shape index (κ1) is 14.5. The Bertz CT molecular complexity index is 569. The van der Waals surface area contributed by atoms with Gasteiger partial charge >= 0.3 is 0 Å². The Morgan fingerprint density at radius 1 is 1.15 bits per heavy atom. The second-order valence-electron chi connectivity index (χ2n) is 4.82. The second kappa shape index (κ2) is 7.06. The normalized spacial score (nSPS) is 10.6. The molecule has 0 saturated carbocycles. The van der Waals surface area contributed by atoms with Crippen molar-refractivity contribution in [2.24, 2.45) is 0 Å². The molecule has 0 fully saturated rings. The van der Waals surface area contributed by atoms with Crippen molar-refractivity contribution in [3.63, 3.8) is 0 Å². The molecule has 0 radical (unpaired) electrons. The molecule has 0 aliphatic rings. The quantitative estimate of drug-likeness (QED) is 0.814. The zero-order valence-electron chi connectivity index (χ0n) is 11.9. The van der Waals surface area contributed by atoms with E-state index in [0.717, 1.165) is 18.5 Å². The van der Waals surface area contributed by atoms with Crippen LogP contribution in [0.5, 0.6) is 5.75 Å². The van der Waals surface area contributed by atoms with E-state index in [1.165, 1.54) is 24.3 Å². The van der Waals surface area contributed by atoms with Gasteiger partial charge in [0.25, 0.3) is 0 Å². The minimum Gasteiger partial charge on any atom is -0.494 e.